The zero-order chi connectivity index (χ0) is 18.1. The highest BCUT2D eigenvalue weighted by molar-refractivity contribution is 5.93. The number of hydrogen-bond donors (Lipinski definition) is 2. The number of carbonyl (C=O) groups excluding carboxylic acids is 1. The molecule has 0 saturated heterocycles. The van der Waals surface area contributed by atoms with Crippen LogP contribution in [0.1, 0.15) is 53.9 Å². The lowest BCUT2D eigenvalue weighted by Crippen LogP contribution is -2.29. The maximum atomic E-state index is 14.1. The number of halogens is 1. The third-order valence-electron chi connectivity index (χ3n) is 5.74. The van der Waals surface area contributed by atoms with Gasteiger partial charge in [-0.2, -0.15) is 0 Å². The first-order valence-electron chi connectivity index (χ1n) is 9.02. The molecule has 1 unspecified atom stereocenters. The van der Waals surface area contributed by atoms with Crippen molar-refractivity contribution in [1.29, 1.82) is 0 Å². The van der Waals surface area contributed by atoms with Crippen LogP contribution >= 0.6 is 0 Å². The Kier molecular flexibility index (Phi) is 4.59. The SMILES string of the molecule is O=C(NO)c1cnc(Oc2ccc(C3CC4CCC3CC4)cc2)c(F)c1. The monoisotopic (exact) mass is 356 g/mol. The Hall–Kier alpha value is -2.47. The number of benzene rings is 1. The number of rotatable bonds is 4. The summed E-state index contributed by atoms with van der Waals surface area (Å²) >= 11 is 0. The minimum Gasteiger partial charge on any atom is -0.436 e. The lowest BCUT2D eigenvalue weighted by molar-refractivity contribution is 0.0705. The van der Waals surface area contributed by atoms with Gasteiger partial charge in [0.25, 0.3) is 11.8 Å². The number of ether oxygens (including phenoxy) is 1. The number of hydroxylamine groups is 1. The number of fused-ring (bicyclic) bond motifs is 3. The summed E-state index contributed by atoms with van der Waals surface area (Å²) in [6, 6.07) is 8.78. The lowest BCUT2D eigenvalue weighted by atomic mass is 9.63. The van der Waals surface area contributed by atoms with E-state index in [4.69, 9.17) is 9.94 Å². The second kappa shape index (κ2) is 7.03. The van der Waals surface area contributed by atoms with E-state index in [0.29, 0.717) is 11.7 Å². The number of aromatic nitrogens is 1. The summed E-state index contributed by atoms with van der Waals surface area (Å²) < 4.78 is 19.6. The van der Waals surface area contributed by atoms with Crippen molar-refractivity contribution < 1.29 is 19.1 Å². The van der Waals surface area contributed by atoms with Crippen LogP contribution < -0.4 is 10.2 Å². The fourth-order valence-corrected chi connectivity index (χ4v) is 4.37. The van der Waals surface area contributed by atoms with Crippen molar-refractivity contribution in [2.45, 2.75) is 38.0 Å². The molecule has 6 heteroatoms. The van der Waals surface area contributed by atoms with Gasteiger partial charge in [-0.15, -0.1) is 0 Å². The predicted molar refractivity (Wildman–Crippen MR) is 92.8 cm³/mol. The Morgan fingerprint density at radius 2 is 1.92 bits per heavy atom. The molecule has 1 atom stereocenters. The number of carbonyl (C=O) groups is 1. The maximum Gasteiger partial charge on any atom is 0.276 e. The molecule has 26 heavy (non-hydrogen) atoms. The van der Waals surface area contributed by atoms with Gasteiger partial charge in [0.1, 0.15) is 5.75 Å². The highest BCUT2D eigenvalue weighted by atomic mass is 19.1. The summed E-state index contributed by atoms with van der Waals surface area (Å²) in [4.78, 5) is 15.1. The number of nitrogens with one attached hydrogen (secondary N) is 1. The van der Waals surface area contributed by atoms with Gasteiger partial charge >= 0.3 is 0 Å². The predicted octanol–water partition coefficient (Wildman–Crippen LogP) is 4.43. The Labute approximate surface area is 151 Å². The Morgan fingerprint density at radius 3 is 2.50 bits per heavy atom. The van der Waals surface area contributed by atoms with E-state index in [1.807, 2.05) is 12.1 Å². The summed E-state index contributed by atoms with van der Waals surface area (Å²) in [6.45, 7) is 0. The van der Waals surface area contributed by atoms with Gasteiger partial charge in [-0.25, -0.2) is 14.9 Å². The Morgan fingerprint density at radius 1 is 1.19 bits per heavy atom. The van der Waals surface area contributed by atoms with Crippen LogP contribution in [-0.4, -0.2) is 16.1 Å². The zero-order valence-corrected chi connectivity index (χ0v) is 14.3. The fourth-order valence-electron chi connectivity index (χ4n) is 4.37. The highest BCUT2D eigenvalue weighted by Crippen LogP contribution is 2.49. The molecule has 2 N–H and O–H groups in total. The van der Waals surface area contributed by atoms with Crippen molar-refractivity contribution in [2.24, 2.45) is 11.8 Å². The van der Waals surface area contributed by atoms with Crippen molar-refractivity contribution in [3.8, 4) is 11.6 Å². The average Bonchev–Trinajstić information content (AvgIpc) is 2.70. The molecule has 0 spiro atoms. The Balaban J connectivity index is 1.47. The highest BCUT2D eigenvalue weighted by Gasteiger charge is 2.36. The van der Waals surface area contributed by atoms with Gasteiger partial charge in [-0.05, 0) is 60.8 Å². The van der Waals surface area contributed by atoms with E-state index in [2.05, 4.69) is 17.1 Å². The van der Waals surface area contributed by atoms with Gasteiger partial charge in [-0.3, -0.25) is 10.0 Å². The third kappa shape index (κ3) is 3.29. The molecule has 2 bridgehead atoms. The Bertz CT molecular complexity index is 801. The van der Waals surface area contributed by atoms with Crippen LogP contribution in [0.2, 0.25) is 0 Å². The average molecular weight is 356 g/mol. The lowest BCUT2D eigenvalue weighted by Gasteiger charge is -2.42. The van der Waals surface area contributed by atoms with Crippen molar-refractivity contribution in [3.63, 3.8) is 0 Å². The van der Waals surface area contributed by atoms with E-state index < -0.39 is 11.7 Å². The molecule has 3 saturated carbocycles. The molecule has 1 heterocycles. The molecule has 136 valence electrons. The summed E-state index contributed by atoms with van der Waals surface area (Å²) in [6.07, 6.45) is 7.83. The van der Waals surface area contributed by atoms with Gasteiger partial charge in [-0.1, -0.05) is 25.0 Å². The second-order valence-electron chi connectivity index (χ2n) is 7.25. The minimum atomic E-state index is -0.825. The minimum absolute atomic E-state index is 0.0833. The number of nitrogens with zero attached hydrogens (tertiary/aromatic N) is 1. The molecular formula is C20H21FN2O3. The van der Waals surface area contributed by atoms with Crippen LogP contribution in [0.15, 0.2) is 36.5 Å². The molecule has 0 radical (unpaired) electrons. The second-order valence-corrected chi connectivity index (χ2v) is 7.25. The number of amides is 1. The van der Waals surface area contributed by atoms with Gasteiger partial charge in [0, 0.05) is 6.20 Å². The quantitative estimate of drug-likeness (QED) is 0.628. The first kappa shape index (κ1) is 17.0. The van der Waals surface area contributed by atoms with Crippen LogP contribution in [0, 0.1) is 17.7 Å². The third-order valence-corrected chi connectivity index (χ3v) is 5.74. The van der Waals surface area contributed by atoms with Crippen LogP contribution in [0.3, 0.4) is 0 Å². The molecule has 1 aromatic heterocycles. The molecule has 5 nitrogen and oxygen atoms in total. The number of hydrogen-bond acceptors (Lipinski definition) is 4. The summed E-state index contributed by atoms with van der Waals surface area (Å²) in [5, 5.41) is 8.58. The molecule has 3 aliphatic rings. The van der Waals surface area contributed by atoms with Crippen molar-refractivity contribution in [2.75, 3.05) is 0 Å². The van der Waals surface area contributed by atoms with Gasteiger partial charge in [0.2, 0.25) is 0 Å². The first-order valence-corrected chi connectivity index (χ1v) is 9.02. The van der Waals surface area contributed by atoms with Crippen LogP contribution in [-0.2, 0) is 0 Å². The van der Waals surface area contributed by atoms with E-state index in [0.717, 1.165) is 24.1 Å². The van der Waals surface area contributed by atoms with E-state index in [9.17, 15) is 9.18 Å². The molecule has 5 rings (SSSR count). The van der Waals surface area contributed by atoms with E-state index in [1.165, 1.54) is 43.1 Å². The van der Waals surface area contributed by atoms with Crippen LogP contribution in [0.5, 0.6) is 11.6 Å². The molecule has 2 aromatic rings. The van der Waals surface area contributed by atoms with E-state index >= 15 is 0 Å². The van der Waals surface area contributed by atoms with Gasteiger partial charge in [0.15, 0.2) is 5.82 Å². The topological polar surface area (TPSA) is 71.5 Å². The summed E-state index contributed by atoms with van der Waals surface area (Å²) in [5.41, 5.74) is 2.69. The van der Waals surface area contributed by atoms with E-state index in [-0.39, 0.29) is 11.4 Å². The normalized spacial score (nSPS) is 24.3. The molecule has 0 aliphatic heterocycles. The molecule has 3 aliphatic carbocycles. The molecule has 1 amide bonds. The summed E-state index contributed by atoms with van der Waals surface area (Å²) in [7, 11) is 0. The van der Waals surface area contributed by atoms with Crippen molar-refractivity contribution in [1.82, 2.24) is 10.5 Å². The van der Waals surface area contributed by atoms with Gasteiger partial charge < -0.3 is 4.74 Å². The van der Waals surface area contributed by atoms with Crippen molar-refractivity contribution in [3.05, 3.63) is 53.5 Å². The zero-order valence-electron chi connectivity index (χ0n) is 14.3. The first-order chi connectivity index (χ1) is 12.6. The number of pyridine rings is 1. The van der Waals surface area contributed by atoms with Crippen LogP contribution in [0.25, 0.3) is 0 Å². The van der Waals surface area contributed by atoms with E-state index in [1.54, 1.807) is 0 Å². The van der Waals surface area contributed by atoms with Gasteiger partial charge in [0.05, 0.1) is 5.56 Å². The molecule has 1 aromatic carbocycles. The summed E-state index contributed by atoms with van der Waals surface area (Å²) in [5.74, 6) is 0.992. The van der Waals surface area contributed by atoms with Crippen molar-refractivity contribution >= 4 is 5.91 Å². The molecule has 3 fully saturated rings. The largest absolute Gasteiger partial charge is 0.436 e. The van der Waals surface area contributed by atoms with Crippen LogP contribution in [0.4, 0.5) is 4.39 Å². The standard InChI is InChI=1S/C20H21FN2O3/c21-18-10-15(19(24)23-25)11-22-20(18)26-16-7-5-14(6-8-16)17-9-12-1-3-13(17)4-2-12/h5-8,10-13,17,25H,1-4,9H2,(H,23,24). The fraction of sp³-hybridized carbons (Fsp3) is 0.400. The molecular weight excluding hydrogens is 335 g/mol. The smallest absolute Gasteiger partial charge is 0.276 e. The maximum absolute atomic E-state index is 14.1.